The molecule has 98 valence electrons. The molecule has 0 aromatic heterocycles. The quantitative estimate of drug-likeness (QED) is 0.857. The van der Waals surface area contributed by atoms with Gasteiger partial charge < -0.3 is 0 Å². The summed E-state index contributed by atoms with van der Waals surface area (Å²) in [5.41, 5.74) is 3.89. The Hall–Kier alpha value is -2.20. The predicted octanol–water partition coefficient (Wildman–Crippen LogP) is 3.00. The molecule has 3 nitrogen and oxygen atoms in total. The Balaban J connectivity index is 1.91. The second-order valence-electron chi connectivity index (χ2n) is 4.19. The van der Waals surface area contributed by atoms with Crippen LogP contribution in [0.3, 0.4) is 0 Å². The third kappa shape index (κ3) is 3.63. The van der Waals surface area contributed by atoms with Crippen LogP contribution in [0.15, 0.2) is 48.5 Å². The summed E-state index contributed by atoms with van der Waals surface area (Å²) in [6, 6.07) is 13.8. The molecule has 1 amide bonds. The minimum atomic E-state index is -0.589. The number of nitrogens with one attached hydrogen (secondary N) is 1. The number of rotatable bonds is 4. The number of hydrogen-bond acceptors (Lipinski definition) is 2. The lowest BCUT2D eigenvalue weighted by Crippen LogP contribution is -2.24. The second kappa shape index (κ2) is 6.11. The van der Waals surface area contributed by atoms with Crippen molar-refractivity contribution in [2.24, 2.45) is 0 Å². The smallest absolute Gasteiger partial charge is 0.269 e. The molecule has 0 spiro atoms. The Kier molecular flexibility index (Phi) is 4.26. The van der Waals surface area contributed by atoms with Crippen LogP contribution in [-0.2, 0) is 11.4 Å². The molecule has 0 heterocycles. The van der Waals surface area contributed by atoms with Gasteiger partial charge >= 0.3 is 0 Å². The maximum atomic E-state index is 13.5. The lowest BCUT2D eigenvalue weighted by atomic mass is 10.1. The number of hydroxylamine groups is 1. The lowest BCUT2D eigenvalue weighted by molar-refractivity contribution is 0.0230. The molecule has 0 aliphatic rings. The van der Waals surface area contributed by atoms with E-state index in [0.717, 1.165) is 11.1 Å². The van der Waals surface area contributed by atoms with Gasteiger partial charge in [0.25, 0.3) is 5.91 Å². The van der Waals surface area contributed by atoms with Gasteiger partial charge in [0.05, 0.1) is 12.2 Å². The zero-order chi connectivity index (χ0) is 13.7. The highest BCUT2D eigenvalue weighted by atomic mass is 19.1. The van der Waals surface area contributed by atoms with Crippen LogP contribution >= 0.6 is 0 Å². The van der Waals surface area contributed by atoms with Gasteiger partial charge in [-0.2, -0.15) is 0 Å². The molecule has 1 N–H and O–H groups in total. The summed E-state index contributed by atoms with van der Waals surface area (Å²) in [7, 11) is 0. The lowest BCUT2D eigenvalue weighted by Gasteiger charge is -2.07. The molecule has 2 aromatic rings. The zero-order valence-corrected chi connectivity index (χ0v) is 10.5. The fourth-order valence-corrected chi connectivity index (χ4v) is 1.62. The first-order chi connectivity index (χ1) is 9.16. The maximum Gasteiger partial charge on any atom is 0.277 e. The molecule has 2 aromatic carbocycles. The molecule has 19 heavy (non-hydrogen) atoms. The first-order valence-corrected chi connectivity index (χ1v) is 5.89. The van der Waals surface area contributed by atoms with Crippen molar-refractivity contribution in [3.8, 4) is 0 Å². The minimum Gasteiger partial charge on any atom is -0.269 e. The normalized spacial score (nSPS) is 10.2. The van der Waals surface area contributed by atoms with Crippen molar-refractivity contribution in [3.05, 3.63) is 71.0 Å². The van der Waals surface area contributed by atoms with Gasteiger partial charge in [0.2, 0.25) is 0 Å². The Bertz CT molecular complexity index is 570. The van der Waals surface area contributed by atoms with Crippen LogP contribution in [0.2, 0.25) is 0 Å². The van der Waals surface area contributed by atoms with Gasteiger partial charge in [0.15, 0.2) is 0 Å². The van der Waals surface area contributed by atoms with Crippen molar-refractivity contribution in [1.29, 1.82) is 0 Å². The number of benzene rings is 2. The van der Waals surface area contributed by atoms with Gasteiger partial charge in [-0.1, -0.05) is 36.4 Å². The molecular weight excluding hydrogens is 245 g/mol. The average molecular weight is 259 g/mol. The fourth-order valence-electron chi connectivity index (χ4n) is 1.62. The summed E-state index contributed by atoms with van der Waals surface area (Å²) in [6.45, 7) is 2.00. The number of carbonyl (C=O) groups is 1. The summed E-state index contributed by atoms with van der Waals surface area (Å²) >= 11 is 0. The average Bonchev–Trinajstić information content (AvgIpc) is 2.39. The van der Waals surface area contributed by atoms with E-state index in [9.17, 15) is 9.18 Å². The van der Waals surface area contributed by atoms with Crippen LogP contribution in [0, 0.1) is 12.7 Å². The standard InChI is InChI=1S/C15H14FNO2/c1-11-7-8-13(14(16)9-11)15(18)17-19-10-12-5-3-2-4-6-12/h2-9H,10H2,1H3,(H,17,18). The maximum absolute atomic E-state index is 13.5. The number of hydrogen-bond donors (Lipinski definition) is 1. The highest BCUT2D eigenvalue weighted by Crippen LogP contribution is 2.09. The third-order valence-corrected chi connectivity index (χ3v) is 2.62. The van der Waals surface area contributed by atoms with E-state index in [4.69, 9.17) is 4.84 Å². The number of halogens is 1. The molecule has 0 saturated carbocycles. The first-order valence-electron chi connectivity index (χ1n) is 5.89. The molecule has 0 bridgehead atoms. The Morgan fingerprint density at radius 2 is 1.95 bits per heavy atom. The summed E-state index contributed by atoms with van der Waals surface area (Å²) in [6.07, 6.45) is 0. The van der Waals surface area contributed by atoms with Crippen LogP contribution in [0.1, 0.15) is 21.5 Å². The highest BCUT2D eigenvalue weighted by molar-refractivity contribution is 5.93. The van der Waals surface area contributed by atoms with E-state index in [1.165, 1.54) is 12.1 Å². The van der Waals surface area contributed by atoms with Crippen molar-refractivity contribution in [2.45, 2.75) is 13.5 Å². The third-order valence-electron chi connectivity index (χ3n) is 2.62. The molecule has 0 aliphatic heterocycles. The molecule has 0 radical (unpaired) electrons. The van der Waals surface area contributed by atoms with E-state index in [1.54, 1.807) is 13.0 Å². The molecule has 0 aliphatic carbocycles. The fraction of sp³-hybridized carbons (Fsp3) is 0.133. The molecule has 0 saturated heterocycles. The molecule has 0 fully saturated rings. The van der Waals surface area contributed by atoms with Crippen molar-refractivity contribution in [1.82, 2.24) is 5.48 Å². The van der Waals surface area contributed by atoms with Gasteiger partial charge in [-0.3, -0.25) is 9.63 Å². The van der Waals surface area contributed by atoms with Crippen molar-refractivity contribution in [2.75, 3.05) is 0 Å². The van der Waals surface area contributed by atoms with E-state index in [2.05, 4.69) is 5.48 Å². The molecular formula is C15H14FNO2. The summed E-state index contributed by atoms with van der Waals surface area (Å²) < 4.78 is 13.5. The molecule has 0 unspecified atom stereocenters. The summed E-state index contributed by atoms with van der Waals surface area (Å²) in [5.74, 6) is -1.14. The largest absolute Gasteiger partial charge is 0.277 e. The minimum absolute atomic E-state index is 0.0290. The predicted molar refractivity (Wildman–Crippen MR) is 69.8 cm³/mol. The summed E-state index contributed by atoms with van der Waals surface area (Å²) in [5, 5.41) is 0. The van der Waals surface area contributed by atoms with Crippen LogP contribution in [-0.4, -0.2) is 5.91 Å². The van der Waals surface area contributed by atoms with Crippen molar-refractivity contribution < 1.29 is 14.0 Å². The highest BCUT2D eigenvalue weighted by Gasteiger charge is 2.11. The zero-order valence-electron chi connectivity index (χ0n) is 10.5. The van der Waals surface area contributed by atoms with E-state index in [1.807, 2.05) is 30.3 Å². The van der Waals surface area contributed by atoms with Gasteiger partial charge in [0, 0.05) is 0 Å². The SMILES string of the molecule is Cc1ccc(C(=O)NOCc2ccccc2)c(F)c1. The van der Waals surface area contributed by atoms with Crippen LogP contribution in [0.25, 0.3) is 0 Å². The Labute approximate surface area is 111 Å². The molecule has 0 atom stereocenters. The Morgan fingerprint density at radius 1 is 1.21 bits per heavy atom. The van der Waals surface area contributed by atoms with Crippen LogP contribution < -0.4 is 5.48 Å². The molecule has 4 heteroatoms. The summed E-state index contributed by atoms with van der Waals surface area (Å²) in [4.78, 5) is 16.7. The van der Waals surface area contributed by atoms with Gasteiger partial charge in [-0.25, -0.2) is 9.87 Å². The van der Waals surface area contributed by atoms with Gasteiger partial charge in [-0.05, 0) is 30.2 Å². The number of amides is 1. The number of carbonyl (C=O) groups excluding carboxylic acids is 1. The van der Waals surface area contributed by atoms with Gasteiger partial charge in [0.1, 0.15) is 5.82 Å². The van der Waals surface area contributed by atoms with E-state index in [0.29, 0.717) is 0 Å². The van der Waals surface area contributed by atoms with E-state index < -0.39 is 11.7 Å². The monoisotopic (exact) mass is 259 g/mol. The van der Waals surface area contributed by atoms with Crippen molar-refractivity contribution in [3.63, 3.8) is 0 Å². The topological polar surface area (TPSA) is 38.3 Å². The second-order valence-corrected chi connectivity index (χ2v) is 4.19. The van der Waals surface area contributed by atoms with Gasteiger partial charge in [-0.15, -0.1) is 0 Å². The van der Waals surface area contributed by atoms with E-state index >= 15 is 0 Å². The molecule has 2 rings (SSSR count). The first kappa shape index (κ1) is 13.2. The van der Waals surface area contributed by atoms with Crippen LogP contribution in [0.4, 0.5) is 4.39 Å². The van der Waals surface area contributed by atoms with Crippen molar-refractivity contribution >= 4 is 5.91 Å². The van der Waals surface area contributed by atoms with Crippen LogP contribution in [0.5, 0.6) is 0 Å². The van der Waals surface area contributed by atoms with E-state index in [-0.39, 0.29) is 12.2 Å². The number of aryl methyl sites for hydroxylation is 1. The Morgan fingerprint density at radius 3 is 2.63 bits per heavy atom.